The molecule has 2 aromatic heterocycles. The van der Waals surface area contributed by atoms with Crippen LogP contribution in [-0.2, 0) is 6.42 Å². The number of nitrogens with zero attached hydrogens (tertiary/aromatic N) is 4. The minimum atomic E-state index is 0.920. The Labute approximate surface area is 115 Å². The Bertz CT molecular complexity index is 557. The lowest BCUT2D eigenvalue weighted by Crippen LogP contribution is -2.30. The van der Waals surface area contributed by atoms with Crippen molar-refractivity contribution < 1.29 is 0 Å². The van der Waals surface area contributed by atoms with Gasteiger partial charge in [0.05, 0.1) is 10.2 Å². The molecule has 96 valence electrons. The Hall–Kier alpha value is -1.10. The molecule has 2 aromatic rings. The van der Waals surface area contributed by atoms with E-state index in [1.165, 1.54) is 19.3 Å². The van der Waals surface area contributed by atoms with Gasteiger partial charge in [0.1, 0.15) is 5.82 Å². The number of hydrogen-bond acceptors (Lipinski definition) is 3. The van der Waals surface area contributed by atoms with Gasteiger partial charge in [-0.2, -0.15) is 5.10 Å². The molecule has 0 aliphatic carbocycles. The zero-order valence-electron chi connectivity index (χ0n) is 10.6. The molecule has 3 rings (SSSR count). The van der Waals surface area contributed by atoms with Gasteiger partial charge in [0.25, 0.3) is 0 Å². The molecule has 1 aliphatic heterocycles. The van der Waals surface area contributed by atoms with Crippen molar-refractivity contribution in [2.24, 2.45) is 0 Å². The fourth-order valence-electron chi connectivity index (χ4n) is 2.46. The van der Waals surface area contributed by atoms with Crippen LogP contribution in [0.5, 0.6) is 0 Å². The van der Waals surface area contributed by atoms with Crippen LogP contribution in [0.4, 0.5) is 5.82 Å². The fraction of sp³-hybridized carbons (Fsp3) is 0.538. The van der Waals surface area contributed by atoms with Crippen molar-refractivity contribution in [3.8, 4) is 0 Å². The molecule has 4 nitrogen and oxygen atoms in total. The van der Waals surface area contributed by atoms with E-state index in [1.807, 2.05) is 10.7 Å². The SMILES string of the molecule is CCc1nn2ccc(N3CCCCC3)nc2c1Br. The molecular weight excluding hydrogens is 292 g/mol. The first-order valence-corrected chi connectivity index (χ1v) is 7.37. The molecule has 1 aliphatic rings. The third-order valence-corrected chi connectivity index (χ3v) is 4.31. The highest BCUT2D eigenvalue weighted by Crippen LogP contribution is 2.24. The van der Waals surface area contributed by atoms with Gasteiger partial charge in [-0.05, 0) is 47.7 Å². The summed E-state index contributed by atoms with van der Waals surface area (Å²) in [5.74, 6) is 1.07. The lowest BCUT2D eigenvalue weighted by Gasteiger charge is -2.27. The van der Waals surface area contributed by atoms with E-state index in [0.29, 0.717) is 0 Å². The van der Waals surface area contributed by atoms with Crippen LogP contribution in [0.2, 0.25) is 0 Å². The smallest absolute Gasteiger partial charge is 0.171 e. The van der Waals surface area contributed by atoms with E-state index in [4.69, 9.17) is 4.98 Å². The molecule has 1 fully saturated rings. The van der Waals surface area contributed by atoms with Gasteiger partial charge < -0.3 is 4.90 Å². The summed E-state index contributed by atoms with van der Waals surface area (Å²) in [6.07, 6.45) is 6.81. The van der Waals surface area contributed by atoms with E-state index in [9.17, 15) is 0 Å². The van der Waals surface area contributed by atoms with Crippen molar-refractivity contribution in [3.05, 3.63) is 22.4 Å². The first kappa shape index (κ1) is 12.0. The number of aromatic nitrogens is 3. The monoisotopic (exact) mass is 308 g/mol. The molecule has 3 heterocycles. The predicted molar refractivity (Wildman–Crippen MR) is 76.1 cm³/mol. The molecule has 0 N–H and O–H groups in total. The molecule has 0 bridgehead atoms. The molecule has 1 saturated heterocycles. The molecule has 0 atom stereocenters. The normalized spacial score (nSPS) is 16.4. The zero-order valence-corrected chi connectivity index (χ0v) is 12.2. The Morgan fingerprint density at radius 3 is 2.78 bits per heavy atom. The van der Waals surface area contributed by atoms with Crippen molar-refractivity contribution in [2.45, 2.75) is 32.6 Å². The highest BCUT2D eigenvalue weighted by Gasteiger charge is 2.15. The molecular formula is C13H17BrN4. The van der Waals surface area contributed by atoms with Crippen molar-refractivity contribution in [2.75, 3.05) is 18.0 Å². The molecule has 18 heavy (non-hydrogen) atoms. The van der Waals surface area contributed by atoms with Crippen molar-refractivity contribution in [3.63, 3.8) is 0 Å². The number of anilines is 1. The second-order valence-electron chi connectivity index (χ2n) is 4.72. The number of rotatable bonds is 2. The predicted octanol–water partition coefficient (Wildman–Crippen LogP) is 3.04. The highest BCUT2D eigenvalue weighted by atomic mass is 79.9. The molecule has 0 spiro atoms. The van der Waals surface area contributed by atoms with Crippen LogP contribution in [0.3, 0.4) is 0 Å². The van der Waals surface area contributed by atoms with E-state index in [2.05, 4.69) is 38.9 Å². The van der Waals surface area contributed by atoms with Crippen molar-refractivity contribution >= 4 is 27.4 Å². The van der Waals surface area contributed by atoms with Crippen molar-refractivity contribution in [1.29, 1.82) is 0 Å². The third-order valence-electron chi connectivity index (χ3n) is 3.50. The Kier molecular flexibility index (Phi) is 3.24. The third kappa shape index (κ3) is 2.00. The van der Waals surface area contributed by atoms with Gasteiger partial charge in [0.15, 0.2) is 5.65 Å². The van der Waals surface area contributed by atoms with Gasteiger partial charge >= 0.3 is 0 Å². The summed E-state index contributed by atoms with van der Waals surface area (Å²) in [6, 6.07) is 2.07. The van der Waals surface area contributed by atoms with Gasteiger partial charge in [-0.1, -0.05) is 6.92 Å². The van der Waals surface area contributed by atoms with E-state index in [1.54, 1.807) is 0 Å². The van der Waals surface area contributed by atoms with Crippen LogP contribution in [0.15, 0.2) is 16.7 Å². The fourth-order valence-corrected chi connectivity index (χ4v) is 3.09. The average Bonchev–Trinajstić information content (AvgIpc) is 2.76. The van der Waals surface area contributed by atoms with Crippen LogP contribution < -0.4 is 4.90 Å². The average molecular weight is 309 g/mol. The lowest BCUT2D eigenvalue weighted by molar-refractivity contribution is 0.573. The topological polar surface area (TPSA) is 33.4 Å². The maximum absolute atomic E-state index is 4.75. The Morgan fingerprint density at radius 2 is 2.06 bits per heavy atom. The summed E-state index contributed by atoms with van der Waals surface area (Å²) in [6.45, 7) is 4.35. The highest BCUT2D eigenvalue weighted by molar-refractivity contribution is 9.10. The molecule has 0 saturated carbocycles. The van der Waals surface area contributed by atoms with Crippen LogP contribution in [0, 0.1) is 0 Å². The molecule has 0 amide bonds. The van der Waals surface area contributed by atoms with E-state index in [0.717, 1.165) is 41.1 Å². The number of hydrogen-bond donors (Lipinski definition) is 0. The maximum atomic E-state index is 4.75. The molecule has 5 heteroatoms. The van der Waals surface area contributed by atoms with Crippen LogP contribution in [0.1, 0.15) is 31.9 Å². The molecule has 0 radical (unpaired) electrons. The first-order chi connectivity index (χ1) is 8.79. The minimum Gasteiger partial charge on any atom is -0.357 e. The van der Waals surface area contributed by atoms with E-state index >= 15 is 0 Å². The van der Waals surface area contributed by atoms with Crippen LogP contribution in [-0.4, -0.2) is 27.7 Å². The van der Waals surface area contributed by atoms with Gasteiger partial charge in [-0.15, -0.1) is 0 Å². The summed E-state index contributed by atoms with van der Waals surface area (Å²) in [5, 5.41) is 4.51. The zero-order chi connectivity index (χ0) is 12.5. The molecule has 0 unspecified atom stereocenters. The summed E-state index contributed by atoms with van der Waals surface area (Å²) < 4.78 is 2.89. The van der Waals surface area contributed by atoms with E-state index in [-0.39, 0.29) is 0 Å². The van der Waals surface area contributed by atoms with Gasteiger partial charge in [-0.25, -0.2) is 9.50 Å². The van der Waals surface area contributed by atoms with Crippen LogP contribution >= 0.6 is 15.9 Å². The summed E-state index contributed by atoms with van der Waals surface area (Å²) in [5.41, 5.74) is 1.99. The number of fused-ring (bicyclic) bond motifs is 1. The minimum absolute atomic E-state index is 0.920. The quantitative estimate of drug-likeness (QED) is 0.855. The Balaban J connectivity index is 2.01. The number of piperidine rings is 1. The maximum Gasteiger partial charge on any atom is 0.171 e. The van der Waals surface area contributed by atoms with Crippen LogP contribution in [0.25, 0.3) is 5.65 Å². The second-order valence-corrected chi connectivity index (χ2v) is 5.51. The summed E-state index contributed by atoms with van der Waals surface area (Å²) >= 11 is 3.61. The van der Waals surface area contributed by atoms with Gasteiger partial charge in [0, 0.05) is 19.3 Å². The van der Waals surface area contributed by atoms with Gasteiger partial charge in [-0.3, -0.25) is 0 Å². The lowest BCUT2D eigenvalue weighted by atomic mass is 10.1. The van der Waals surface area contributed by atoms with Gasteiger partial charge in [0.2, 0.25) is 0 Å². The summed E-state index contributed by atoms with van der Waals surface area (Å²) in [4.78, 5) is 7.12. The largest absolute Gasteiger partial charge is 0.357 e. The number of aryl methyl sites for hydroxylation is 1. The summed E-state index contributed by atoms with van der Waals surface area (Å²) in [7, 11) is 0. The number of halogens is 1. The second kappa shape index (κ2) is 4.88. The standard InChI is InChI=1S/C13H17BrN4/c1-2-10-12(14)13-15-11(6-9-18(13)16-10)17-7-4-3-5-8-17/h6,9H,2-5,7-8H2,1H3. The van der Waals surface area contributed by atoms with E-state index < -0.39 is 0 Å². The Morgan fingerprint density at radius 1 is 1.28 bits per heavy atom. The molecule has 0 aromatic carbocycles. The first-order valence-electron chi connectivity index (χ1n) is 6.58. The van der Waals surface area contributed by atoms with Crippen molar-refractivity contribution in [1.82, 2.24) is 14.6 Å².